The number of ketones is 1. The molecule has 28 heavy (non-hydrogen) atoms. The topological polar surface area (TPSA) is 46.6 Å². The first-order chi connectivity index (χ1) is 13.6. The summed E-state index contributed by atoms with van der Waals surface area (Å²) in [4.78, 5) is 28.0. The summed E-state index contributed by atoms with van der Waals surface area (Å²) in [5, 5.41) is 1.85. The van der Waals surface area contributed by atoms with E-state index in [1.165, 1.54) is 11.3 Å². The fraction of sp³-hybridized carbons (Fsp3) is 0.130. The SMILES string of the molecule is C=CCOc1ccc(CN(C)C(=O)c2ccccc2C(=O)c2cccs2)cc1. The van der Waals surface area contributed by atoms with Gasteiger partial charge in [-0.05, 0) is 35.2 Å². The number of hydrogen-bond donors (Lipinski definition) is 0. The van der Waals surface area contributed by atoms with Crippen molar-refractivity contribution in [2.75, 3.05) is 13.7 Å². The van der Waals surface area contributed by atoms with Gasteiger partial charge in [0.1, 0.15) is 12.4 Å². The molecule has 3 rings (SSSR count). The van der Waals surface area contributed by atoms with Crippen LogP contribution in [0.4, 0.5) is 0 Å². The van der Waals surface area contributed by atoms with Crippen molar-refractivity contribution in [1.82, 2.24) is 4.90 Å². The Morgan fingerprint density at radius 1 is 1.04 bits per heavy atom. The summed E-state index contributed by atoms with van der Waals surface area (Å²) in [6.45, 7) is 4.51. The number of carbonyl (C=O) groups excluding carboxylic acids is 2. The Morgan fingerprint density at radius 2 is 1.75 bits per heavy atom. The third-order valence-electron chi connectivity index (χ3n) is 4.20. The molecule has 0 aliphatic rings. The maximum atomic E-state index is 13.0. The lowest BCUT2D eigenvalue weighted by molar-refractivity contribution is 0.0780. The first-order valence-corrected chi connectivity index (χ1v) is 9.73. The molecule has 142 valence electrons. The zero-order chi connectivity index (χ0) is 19.9. The van der Waals surface area contributed by atoms with Crippen LogP contribution in [0.15, 0.2) is 78.7 Å². The van der Waals surface area contributed by atoms with Gasteiger partial charge in [0.15, 0.2) is 0 Å². The minimum Gasteiger partial charge on any atom is -0.490 e. The Morgan fingerprint density at radius 3 is 2.39 bits per heavy atom. The molecule has 0 atom stereocenters. The monoisotopic (exact) mass is 391 g/mol. The summed E-state index contributed by atoms with van der Waals surface area (Å²) in [5.74, 6) is 0.438. The predicted octanol–water partition coefficient (Wildman–Crippen LogP) is 4.82. The summed E-state index contributed by atoms with van der Waals surface area (Å²) in [6, 6.07) is 18.1. The van der Waals surface area contributed by atoms with Crippen molar-refractivity contribution in [3.05, 3.63) is 100 Å². The smallest absolute Gasteiger partial charge is 0.254 e. The van der Waals surface area contributed by atoms with E-state index in [1.807, 2.05) is 35.7 Å². The van der Waals surface area contributed by atoms with Gasteiger partial charge in [-0.15, -0.1) is 11.3 Å². The lowest BCUT2D eigenvalue weighted by Crippen LogP contribution is -2.27. The molecule has 0 aliphatic carbocycles. The van der Waals surface area contributed by atoms with Crippen LogP contribution in [-0.4, -0.2) is 30.2 Å². The second-order valence-corrected chi connectivity index (χ2v) is 7.20. The quantitative estimate of drug-likeness (QED) is 0.409. The van der Waals surface area contributed by atoms with Crippen LogP contribution in [0.5, 0.6) is 5.75 Å². The second-order valence-electron chi connectivity index (χ2n) is 6.26. The van der Waals surface area contributed by atoms with Gasteiger partial charge in [-0.1, -0.05) is 49.1 Å². The van der Waals surface area contributed by atoms with Crippen molar-refractivity contribution in [2.45, 2.75) is 6.54 Å². The van der Waals surface area contributed by atoms with Gasteiger partial charge in [0, 0.05) is 19.2 Å². The summed E-state index contributed by atoms with van der Waals surface area (Å²) in [5.41, 5.74) is 1.81. The van der Waals surface area contributed by atoms with E-state index in [0.717, 1.165) is 11.3 Å². The van der Waals surface area contributed by atoms with E-state index >= 15 is 0 Å². The molecule has 2 aromatic carbocycles. The van der Waals surface area contributed by atoms with Crippen LogP contribution in [0.25, 0.3) is 0 Å². The van der Waals surface area contributed by atoms with Gasteiger partial charge in [0.2, 0.25) is 5.78 Å². The third kappa shape index (κ3) is 4.56. The van der Waals surface area contributed by atoms with E-state index in [0.29, 0.717) is 29.2 Å². The van der Waals surface area contributed by atoms with Gasteiger partial charge in [-0.3, -0.25) is 9.59 Å². The van der Waals surface area contributed by atoms with Crippen LogP contribution >= 0.6 is 11.3 Å². The average Bonchev–Trinajstić information content (AvgIpc) is 3.27. The molecular formula is C23H21NO3S. The van der Waals surface area contributed by atoms with E-state index in [9.17, 15) is 9.59 Å². The molecule has 0 aliphatic heterocycles. The molecule has 0 radical (unpaired) electrons. The van der Waals surface area contributed by atoms with Crippen LogP contribution < -0.4 is 4.74 Å². The van der Waals surface area contributed by atoms with Gasteiger partial charge >= 0.3 is 0 Å². The predicted molar refractivity (Wildman–Crippen MR) is 112 cm³/mol. The fourth-order valence-electron chi connectivity index (χ4n) is 2.81. The molecular weight excluding hydrogens is 370 g/mol. The lowest BCUT2D eigenvalue weighted by Gasteiger charge is -2.19. The Kier molecular flexibility index (Phi) is 6.40. The van der Waals surface area contributed by atoms with Crippen molar-refractivity contribution in [3.63, 3.8) is 0 Å². The van der Waals surface area contributed by atoms with Crippen LogP contribution in [0, 0.1) is 0 Å². The molecule has 0 saturated heterocycles. The molecule has 5 heteroatoms. The number of ether oxygens (including phenoxy) is 1. The van der Waals surface area contributed by atoms with Gasteiger partial charge in [0.25, 0.3) is 5.91 Å². The van der Waals surface area contributed by atoms with E-state index in [1.54, 1.807) is 48.4 Å². The highest BCUT2D eigenvalue weighted by Crippen LogP contribution is 2.20. The van der Waals surface area contributed by atoms with E-state index in [-0.39, 0.29) is 11.7 Å². The van der Waals surface area contributed by atoms with Gasteiger partial charge in [-0.2, -0.15) is 0 Å². The summed E-state index contributed by atoms with van der Waals surface area (Å²) >= 11 is 1.37. The van der Waals surface area contributed by atoms with Crippen molar-refractivity contribution < 1.29 is 14.3 Å². The first-order valence-electron chi connectivity index (χ1n) is 8.85. The molecule has 0 fully saturated rings. The molecule has 0 bridgehead atoms. The summed E-state index contributed by atoms with van der Waals surface area (Å²) in [6.07, 6.45) is 1.69. The Bertz CT molecular complexity index is 962. The largest absolute Gasteiger partial charge is 0.490 e. The number of hydrogen-bond acceptors (Lipinski definition) is 4. The molecule has 4 nitrogen and oxygen atoms in total. The summed E-state index contributed by atoms with van der Waals surface area (Å²) < 4.78 is 5.47. The molecule has 1 heterocycles. The van der Waals surface area contributed by atoms with Crippen molar-refractivity contribution in [2.24, 2.45) is 0 Å². The maximum absolute atomic E-state index is 13.0. The van der Waals surface area contributed by atoms with E-state index in [4.69, 9.17) is 4.74 Å². The Balaban J connectivity index is 1.75. The maximum Gasteiger partial charge on any atom is 0.254 e. The molecule has 1 aromatic heterocycles. The highest BCUT2D eigenvalue weighted by molar-refractivity contribution is 7.12. The van der Waals surface area contributed by atoms with Crippen molar-refractivity contribution in [3.8, 4) is 5.75 Å². The number of rotatable bonds is 8. The van der Waals surface area contributed by atoms with Crippen molar-refractivity contribution >= 4 is 23.0 Å². The lowest BCUT2D eigenvalue weighted by atomic mass is 10.0. The van der Waals surface area contributed by atoms with Crippen molar-refractivity contribution in [1.29, 1.82) is 0 Å². The van der Waals surface area contributed by atoms with Crippen LogP contribution in [0.1, 0.15) is 31.2 Å². The zero-order valence-electron chi connectivity index (χ0n) is 15.6. The first kappa shape index (κ1) is 19.6. The number of thiophene rings is 1. The van der Waals surface area contributed by atoms with Crippen LogP contribution in [0.2, 0.25) is 0 Å². The van der Waals surface area contributed by atoms with Crippen LogP contribution in [0.3, 0.4) is 0 Å². The highest BCUT2D eigenvalue weighted by atomic mass is 32.1. The number of nitrogens with zero attached hydrogens (tertiary/aromatic N) is 1. The minimum absolute atomic E-state index is 0.129. The Hall–Kier alpha value is -3.18. The number of amides is 1. The normalized spacial score (nSPS) is 10.3. The molecule has 0 saturated carbocycles. The van der Waals surface area contributed by atoms with Gasteiger partial charge < -0.3 is 9.64 Å². The molecule has 0 spiro atoms. The van der Waals surface area contributed by atoms with Crippen LogP contribution in [-0.2, 0) is 6.54 Å². The molecule has 0 unspecified atom stereocenters. The third-order valence-corrected chi connectivity index (χ3v) is 5.07. The Labute approximate surface area is 168 Å². The molecule has 0 N–H and O–H groups in total. The molecule has 1 amide bonds. The number of carbonyl (C=O) groups is 2. The minimum atomic E-state index is -0.188. The second kappa shape index (κ2) is 9.15. The average molecular weight is 391 g/mol. The van der Waals surface area contributed by atoms with E-state index in [2.05, 4.69) is 6.58 Å². The van der Waals surface area contributed by atoms with Gasteiger partial charge in [0.05, 0.1) is 10.4 Å². The molecule has 3 aromatic rings. The standard InChI is InChI=1S/C23H21NO3S/c1-3-14-27-18-12-10-17(11-13-18)16-24(2)23(26)20-8-5-4-7-19(20)22(25)21-9-6-15-28-21/h3-13,15H,1,14,16H2,2H3. The fourth-order valence-corrected chi connectivity index (χ4v) is 3.48. The van der Waals surface area contributed by atoms with Gasteiger partial charge in [-0.25, -0.2) is 0 Å². The zero-order valence-corrected chi connectivity index (χ0v) is 16.4. The van der Waals surface area contributed by atoms with E-state index < -0.39 is 0 Å². The highest BCUT2D eigenvalue weighted by Gasteiger charge is 2.21. The number of benzene rings is 2. The summed E-state index contributed by atoms with van der Waals surface area (Å²) in [7, 11) is 1.73.